The Morgan fingerprint density at radius 2 is 2.16 bits per heavy atom. The molecule has 1 aromatic carbocycles. The van der Waals surface area contributed by atoms with Crippen molar-refractivity contribution in [3.63, 3.8) is 0 Å². The molecular weight excluding hydrogens is 268 g/mol. The van der Waals surface area contributed by atoms with Crippen LogP contribution in [0.3, 0.4) is 0 Å². The van der Waals surface area contributed by atoms with Crippen LogP contribution in [0.4, 0.5) is 16.2 Å². The van der Waals surface area contributed by atoms with Crippen molar-refractivity contribution in [3.8, 4) is 0 Å². The van der Waals surface area contributed by atoms with Gasteiger partial charge in [-0.15, -0.1) is 0 Å². The van der Waals surface area contributed by atoms with Gasteiger partial charge in [-0.3, -0.25) is 4.90 Å². The van der Waals surface area contributed by atoms with Crippen LogP contribution in [-0.2, 0) is 14.6 Å². The van der Waals surface area contributed by atoms with Gasteiger partial charge in [-0.2, -0.15) is 0 Å². The summed E-state index contributed by atoms with van der Waals surface area (Å²) in [5.41, 5.74) is 5.97. The van der Waals surface area contributed by atoms with E-state index in [2.05, 4.69) is 0 Å². The van der Waals surface area contributed by atoms with Crippen LogP contribution >= 0.6 is 0 Å². The average Bonchev–Trinajstić information content (AvgIpc) is 2.79. The van der Waals surface area contributed by atoms with Gasteiger partial charge in [0.25, 0.3) is 0 Å². The smallest absolute Gasteiger partial charge is 0.415 e. The summed E-state index contributed by atoms with van der Waals surface area (Å²) >= 11 is 0. The minimum absolute atomic E-state index is 0.0745. The molecule has 2 saturated heterocycles. The molecule has 1 atom stereocenters. The van der Waals surface area contributed by atoms with Crippen molar-refractivity contribution in [3.05, 3.63) is 24.3 Å². The van der Waals surface area contributed by atoms with Crippen LogP contribution in [0.25, 0.3) is 0 Å². The van der Waals surface area contributed by atoms with Crippen LogP contribution in [0.15, 0.2) is 24.3 Å². The van der Waals surface area contributed by atoms with Crippen molar-refractivity contribution < 1.29 is 17.9 Å². The van der Waals surface area contributed by atoms with Crippen LogP contribution in [0.1, 0.15) is 6.42 Å². The topological polar surface area (TPSA) is 89.7 Å². The number of carbonyl (C=O) groups excluding carboxylic acids is 1. The third kappa shape index (κ3) is 2.14. The molecule has 0 aromatic heterocycles. The van der Waals surface area contributed by atoms with E-state index in [1.807, 2.05) is 0 Å². The van der Waals surface area contributed by atoms with Gasteiger partial charge in [-0.1, -0.05) is 6.07 Å². The quantitative estimate of drug-likeness (QED) is 0.769. The highest BCUT2D eigenvalue weighted by Gasteiger charge is 2.52. The molecule has 0 aliphatic carbocycles. The molecule has 2 N–H and O–H groups in total. The van der Waals surface area contributed by atoms with Crippen molar-refractivity contribution >= 4 is 27.3 Å². The first-order valence-electron chi connectivity index (χ1n) is 5.96. The van der Waals surface area contributed by atoms with E-state index in [-0.39, 0.29) is 18.1 Å². The predicted octanol–water partition coefficient (Wildman–Crippen LogP) is 0.783. The molecule has 2 heterocycles. The van der Waals surface area contributed by atoms with Crippen LogP contribution in [0.2, 0.25) is 0 Å². The zero-order valence-corrected chi connectivity index (χ0v) is 11.0. The SMILES string of the molecule is Nc1cccc(N2CC3(CCS(=O)(=O)C3)OC2=O)c1. The van der Waals surface area contributed by atoms with E-state index in [9.17, 15) is 13.2 Å². The summed E-state index contributed by atoms with van der Waals surface area (Å²) < 4.78 is 28.5. The minimum atomic E-state index is -3.10. The molecule has 0 radical (unpaired) electrons. The maximum atomic E-state index is 11.9. The summed E-state index contributed by atoms with van der Waals surface area (Å²) in [5, 5.41) is 0. The molecule has 3 rings (SSSR count). The summed E-state index contributed by atoms with van der Waals surface area (Å²) in [5.74, 6) is -0.0182. The Labute approximate surface area is 111 Å². The van der Waals surface area contributed by atoms with Crippen molar-refractivity contribution in [2.45, 2.75) is 12.0 Å². The lowest BCUT2D eigenvalue weighted by molar-refractivity contribution is 0.0779. The fourth-order valence-corrected chi connectivity index (χ4v) is 4.53. The van der Waals surface area contributed by atoms with Gasteiger partial charge in [0.1, 0.15) is 5.60 Å². The summed E-state index contributed by atoms with van der Waals surface area (Å²) in [6.45, 7) is 0.258. The third-order valence-electron chi connectivity index (χ3n) is 3.50. The third-order valence-corrected chi connectivity index (χ3v) is 5.30. The Balaban J connectivity index is 1.89. The molecule has 6 nitrogen and oxygen atoms in total. The van der Waals surface area contributed by atoms with Gasteiger partial charge in [-0.05, 0) is 18.2 Å². The second-order valence-corrected chi connectivity index (χ2v) is 7.26. The fraction of sp³-hybridized carbons (Fsp3) is 0.417. The van der Waals surface area contributed by atoms with Gasteiger partial charge in [0.05, 0.1) is 18.1 Å². The predicted molar refractivity (Wildman–Crippen MR) is 70.7 cm³/mol. The lowest BCUT2D eigenvalue weighted by Gasteiger charge is -2.18. The molecule has 1 aromatic rings. The number of ether oxygens (including phenoxy) is 1. The standard InChI is InChI=1S/C12H14N2O4S/c13-9-2-1-3-10(6-9)14-7-12(18-11(14)15)4-5-19(16,17)8-12/h1-3,6H,4-5,7-8,13H2. The molecule has 1 unspecified atom stereocenters. The summed E-state index contributed by atoms with van der Waals surface area (Å²) in [6, 6.07) is 6.89. The van der Waals surface area contributed by atoms with E-state index in [1.165, 1.54) is 4.90 Å². The second kappa shape index (κ2) is 3.86. The van der Waals surface area contributed by atoms with Crippen molar-refractivity contribution in [2.24, 2.45) is 0 Å². The lowest BCUT2D eigenvalue weighted by Crippen LogP contribution is -2.35. The zero-order valence-electron chi connectivity index (χ0n) is 10.2. The number of carbonyl (C=O) groups is 1. The van der Waals surface area contributed by atoms with E-state index in [0.29, 0.717) is 17.8 Å². The number of nitrogens with zero attached hydrogens (tertiary/aromatic N) is 1. The van der Waals surface area contributed by atoms with E-state index < -0.39 is 21.5 Å². The van der Waals surface area contributed by atoms with E-state index in [0.717, 1.165) is 0 Å². The van der Waals surface area contributed by atoms with Crippen LogP contribution in [-0.4, -0.2) is 38.2 Å². The molecule has 2 aliphatic heterocycles. The summed E-state index contributed by atoms with van der Waals surface area (Å²) in [6.07, 6.45) is -0.150. The van der Waals surface area contributed by atoms with Gasteiger partial charge in [-0.25, -0.2) is 13.2 Å². The van der Waals surface area contributed by atoms with Crippen LogP contribution < -0.4 is 10.6 Å². The fourth-order valence-electron chi connectivity index (χ4n) is 2.61. The first kappa shape index (κ1) is 12.3. The second-order valence-electron chi connectivity index (χ2n) is 5.07. The van der Waals surface area contributed by atoms with Crippen molar-refractivity contribution in [1.29, 1.82) is 0 Å². The first-order chi connectivity index (χ1) is 8.89. The number of hydrogen-bond donors (Lipinski definition) is 1. The van der Waals surface area contributed by atoms with Crippen LogP contribution in [0.5, 0.6) is 0 Å². The number of nitrogen functional groups attached to an aromatic ring is 1. The molecule has 7 heteroatoms. The first-order valence-corrected chi connectivity index (χ1v) is 7.78. The maximum Gasteiger partial charge on any atom is 0.415 e. The number of sulfone groups is 1. The highest BCUT2D eigenvalue weighted by atomic mass is 32.2. The molecule has 19 heavy (non-hydrogen) atoms. The molecule has 1 amide bonds. The molecule has 0 saturated carbocycles. The maximum absolute atomic E-state index is 11.9. The molecule has 1 spiro atoms. The molecule has 2 aliphatic rings. The Bertz CT molecular complexity index is 643. The minimum Gasteiger partial charge on any atom is -0.440 e. The van der Waals surface area contributed by atoms with Gasteiger partial charge in [0, 0.05) is 17.8 Å². The van der Waals surface area contributed by atoms with Gasteiger partial charge < -0.3 is 10.5 Å². The van der Waals surface area contributed by atoms with E-state index in [4.69, 9.17) is 10.5 Å². The Morgan fingerprint density at radius 1 is 1.37 bits per heavy atom. The number of hydrogen-bond acceptors (Lipinski definition) is 5. The largest absolute Gasteiger partial charge is 0.440 e. The van der Waals surface area contributed by atoms with E-state index >= 15 is 0 Å². The summed E-state index contributed by atoms with van der Waals surface area (Å²) in [4.78, 5) is 13.4. The molecular formula is C12H14N2O4S. The van der Waals surface area contributed by atoms with Gasteiger partial charge >= 0.3 is 6.09 Å². The summed E-state index contributed by atoms with van der Waals surface area (Å²) in [7, 11) is -3.10. The van der Waals surface area contributed by atoms with Crippen molar-refractivity contribution in [2.75, 3.05) is 28.7 Å². The number of rotatable bonds is 1. The highest BCUT2D eigenvalue weighted by molar-refractivity contribution is 7.91. The monoisotopic (exact) mass is 282 g/mol. The molecule has 102 valence electrons. The number of nitrogens with two attached hydrogens (primary N) is 1. The Morgan fingerprint density at radius 3 is 2.79 bits per heavy atom. The van der Waals surface area contributed by atoms with Gasteiger partial charge in [0.15, 0.2) is 9.84 Å². The van der Waals surface area contributed by atoms with Gasteiger partial charge in [0.2, 0.25) is 0 Å². The molecule has 2 fully saturated rings. The lowest BCUT2D eigenvalue weighted by atomic mass is 10.0. The normalized spacial score (nSPS) is 28.8. The number of anilines is 2. The highest BCUT2D eigenvalue weighted by Crippen LogP contribution is 2.36. The zero-order chi connectivity index (χ0) is 13.7. The number of benzene rings is 1. The van der Waals surface area contributed by atoms with E-state index in [1.54, 1.807) is 24.3 Å². The number of amides is 1. The Kier molecular flexibility index (Phi) is 2.50. The molecule has 0 bridgehead atoms. The van der Waals surface area contributed by atoms with Crippen LogP contribution in [0, 0.1) is 0 Å². The Hall–Kier alpha value is -1.76. The van der Waals surface area contributed by atoms with Crippen molar-refractivity contribution in [1.82, 2.24) is 0 Å². The average molecular weight is 282 g/mol.